The van der Waals surface area contributed by atoms with E-state index in [0.29, 0.717) is 27.9 Å². The molecule has 3 aromatic carbocycles. The number of anilines is 1. The number of hydrogen-bond acceptors (Lipinski definition) is 5. The van der Waals surface area contributed by atoms with Crippen molar-refractivity contribution >= 4 is 41.0 Å². The topological polar surface area (TPSA) is 85.7 Å². The van der Waals surface area contributed by atoms with Gasteiger partial charge in [0, 0.05) is 29.4 Å². The van der Waals surface area contributed by atoms with Gasteiger partial charge in [-0.25, -0.2) is 4.98 Å². The maximum absolute atomic E-state index is 13.2. The highest BCUT2D eigenvalue weighted by Crippen LogP contribution is 2.32. The Morgan fingerprint density at radius 1 is 1.03 bits per heavy atom. The van der Waals surface area contributed by atoms with Crippen LogP contribution in [0.3, 0.4) is 0 Å². The zero-order valence-corrected chi connectivity index (χ0v) is 22.9. The van der Waals surface area contributed by atoms with Gasteiger partial charge >= 0.3 is 0 Å². The quantitative estimate of drug-likeness (QED) is 0.234. The van der Waals surface area contributed by atoms with E-state index < -0.39 is 11.8 Å². The molecule has 200 valence electrons. The van der Waals surface area contributed by atoms with Crippen molar-refractivity contribution in [1.29, 1.82) is 0 Å². The first-order valence-electron chi connectivity index (χ1n) is 11.9. The predicted molar refractivity (Wildman–Crippen MR) is 153 cm³/mol. The van der Waals surface area contributed by atoms with E-state index in [0.717, 1.165) is 5.56 Å². The molecular formula is C29H26Cl2N4O4. The van der Waals surface area contributed by atoms with E-state index >= 15 is 0 Å². The van der Waals surface area contributed by atoms with Gasteiger partial charge in [0.05, 0.1) is 36.2 Å². The first kappa shape index (κ1) is 27.8. The molecule has 0 spiro atoms. The maximum Gasteiger partial charge on any atom is 0.256 e. The predicted octanol–water partition coefficient (Wildman–Crippen LogP) is 6.13. The summed E-state index contributed by atoms with van der Waals surface area (Å²) in [7, 11) is 3.10. The second-order valence-electron chi connectivity index (χ2n) is 8.37. The van der Waals surface area contributed by atoms with E-state index in [1.54, 1.807) is 37.0 Å². The summed E-state index contributed by atoms with van der Waals surface area (Å²) in [5.41, 5.74) is 2.43. The molecule has 8 nitrogen and oxygen atoms in total. The molecule has 2 amide bonds. The first-order valence-corrected chi connectivity index (χ1v) is 12.6. The standard InChI is InChI=1S/C29H26Cl2N4O4/c1-4-14-34(28(37)22-12-10-20(30)15-23(22)31)18-27(36)33-29-32-24(19-8-6-5-7-9-19)17-35(29)21-11-13-25(38-2)26(16-21)39-3/h4-13,15-17H,1,14,18H2,2-3H3,(H,32,33,36). The average molecular weight is 565 g/mol. The van der Waals surface area contributed by atoms with Crippen LogP contribution in [0.2, 0.25) is 10.0 Å². The lowest BCUT2D eigenvalue weighted by Gasteiger charge is -2.21. The third-order valence-corrected chi connectivity index (χ3v) is 6.35. The van der Waals surface area contributed by atoms with E-state index in [2.05, 4.69) is 16.9 Å². The van der Waals surface area contributed by atoms with Crippen LogP contribution in [0.15, 0.2) is 85.6 Å². The molecule has 0 bridgehead atoms. The summed E-state index contributed by atoms with van der Waals surface area (Å²) in [6.07, 6.45) is 3.35. The third kappa shape index (κ3) is 6.42. The number of amides is 2. The molecule has 0 atom stereocenters. The number of imidazole rings is 1. The highest BCUT2D eigenvalue weighted by molar-refractivity contribution is 6.36. The Labute approximate surface area is 236 Å². The van der Waals surface area contributed by atoms with Gasteiger partial charge in [-0.15, -0.1) is 6.58 Å². The van der Waals surface area contributed by atoms with Crippen LogP contribution in [0.25, 0.3) is 16.9 Å². The number of methoxy groups -OCH3 is 2. The van der Waals surface area contributed by atoms with E-state index in [4.69, 9.17) is 32.7 Å². The number of aromatic nitrogens is 2. The molecule has 4 rings (SSSR count). The Morgan fingerprint density at radius 2 is 1.77 bits per heavy atom. The van der Waals surface area contributed by atoms with Gasteiger partial charge in [0.2, 0.25) is 11.9 Å². The molecule has 0 radical (unpaired) electrons. The van der Waals surface area contributed by atoms with Crippen molar-refractivity contribution in [2.45, 2.75) is 0 Å². The van der Waals surface area contributed by atoms with E-state index in [-0.39, 0.29) is 29.6 Å². The van der Waals surface area contributed by atoms with Crippen LogP contribution in [0.4, 0.5) is 5.95 Å². The van der Waals surface area contributed by atoms with Gasteiger partial charge < -0.3 is 14.4 Å². The molecule has 0 aliphatic heterocycles. The molecule has 0 saturated carbocycles. The number of carbonyl (C=O) groups is 2. The number of rotatable bonds is 10. The lowest BCUT2D eigenvalue weighted by molar-refractivity contribution is -0.116. The number of benzene rings is 3. The molecule has 39 heavy (non-hydrogen) atoms. The Hall–Kier alpha value is -4.27. The molecule has 1 heterocycles. The van der Waals surface area contributed by atoms with Crippen LogP contribution in [-0.4, -0.2) is 53.6 Å². The Morgan fingerprint density at radius 3 is 2.44 bits per heavy atom. The largest absolute Gasteiger partial charge is 0.493 e. The lowest BCUT2D eigenvalue weighted by atomic mass is 10.2. The van der Waals surface area contributed by atoms with Gasteiger partial charge in [-0.1, -0.05) is 59.6 Å². The smallest absolute Gasteiger partial charge is 0.256 e. The van der Waals surface area contributed by atoms with Gasteiger partial charge in [0.1, 0.15) is 6.54 Å². The number of nitrogens with one attached hydrogen (secondary N) is 1. The van der Waals surface area contributed by atoms with E-state index in [1.807, 2.05) is 42.6 Å². The van der Waals surface area contributed by atoms with E-state index in [9.17, 15) is 9.59 Å². The second-order valence-corrected chi connectivity index (χ2v) is 9.22. The summed E-state index contributed by atoms with van der Waals surface area (Å²) in [4.78, 5) is 32.4. The highest BCUT2D eigenvalue weighted by atomic mass is 35.5. The minimum Gasteiger partial charge on any atom is -0.493 e. The molecule has 1 N–H and O–H groups in total. The van der Waals surface area contributed by atoms with Gasteiger partial charge in [-0.2, -0.15) is 0 Å². The Balaban J connectivity index is 1.65. The number of halogens is 2. The summed E-state index contributed by atoms with van der Waals surface area (Å²) in [5.74, 6) is 0.461. The maximum atomic E-state index is 13.2. The van der Waals surface area contributed by atoms with Crippen LogP contribution in [0, 0.1) is 0 Å². The Kier molecular flexibility index (Phi) is 8.91. The summed E-state index contributed by atoms with van der Waals surface area (Å²) in [5, 5.41) is 3.44. The minimum absolute atomic E-state index is 0.130. The minimum atomic E-state index is -0.456. The molecule has 10 heteroatoms. The number of nitrogens with zero attached hydrogens (tertiary/aromatic N) is 3. The molecular weight excluding hydrogens is 539 g/mol. The van der Waals surface area contributed by atoms with Crippen LogP contribution >= 0.6 is 23.2 Å². The molecule has 0 aliphatic carbocycles. The fourth-order valence-corrected chi connectivity index (χ4v) is 4.42. The lowest BCUT2D eigenvalue weighted by Crippen LogP contribution is -2.38. The van der Waals surface area contributed by atoms with Gasteiger partial charge in [0.15, 0.2) is 11.5 Å². The van der Waals surface area contributed by atoms with Crippen molar-refractivity contribution in [2.24, 2.45) is 0 Å². The van der Waals surface area contributed by atoms with Crippen molar-refractivity contribution in [3.05, 3.63) is 101 Å². The molecule has 0 aliphatic rings. The van der Waals surface area contributed by atoms with Crippen LogP contribution in [0.1, 0.15) is 10.4 Å². The van der Waals surface area contributed by atoms with E-state index in [1.165, 1.54) is 23.1 Å². The number of hydrogen-bond donors (Lipinski definition) is 1. The Bertz CT molecular complexity index is 1500. The van der Waals surface area contributed by atoms with Crippen molar-refractivity contribution < 1.29 is 19.1 Å². The molecule has 1 aromatic heterocycles. The summed E-state index contributed by atoms with van der Waals surface area (Å²) in [6, 6.07) is 19.5. The SMILES string of the molecule is C=CCN(CC(=O)Nc1nc(-c2ccccc2)cn1-c1ccc(OC)c(OC)c1)C(=O)c1ccc(Cl)cc1Cl. The van der Waals surface area contributed by atoms with Crippen molar-refractivity contribution in [2.75, 3.05) is 32.6 Å². The molecule has 0 saturated heterocycles. The average Bonchev–Trinajstić information content (AvgIpc) is 3.36. The van der Waals surface area contributed by atoms with Gasteiger partial charge in [0.25, 0.3) is 5.91 Å². The highest BCUT2D eigenvalue weighted by Gasteiger charge is 2.22. The molecule has 4 aromatic rings. The zero-order valence-electron chi connectivity index (χ0n) is 21.4. The summed E-state index contributed by atoms with van der Waals surface area (Å²) < 4.78 is 12.5. The third-order valence-electron chi connectivity index (χ3n) is 5.80. The zero-order chi connectivity index (χ0) is 27.9. The normalized spacial score (nSPS) is 10.6. The van der Waals surface area contributed by atoms with Crippen molar-refractivity contribution in [3.63, 3.8) is 0 Å². The number of carbonyl (C=O) groups excluding carboxylic acids is 2. The molecule has 0 unspecified atom stereocenters. The van der Waals surface area contributed by atoms with Gasteiger partial charge in [-0.3, -0.25) is 19.5 Å². The van der Waals surface area contributed by atoms with Crippen LogP contribution < -0.4 is 14.8 Å². The van der Waals surface area contributed by atoms with Gasteiger partial charge in [-0.05, 0) is 30.3 Å². The first-order chi connectivity index (χ1) is 18.8. The summed E-state index contributed by atoms with van der Waals surface area (Å²) in [6.45, 7) is 3.58. The van der Waals surface area contributed by atoms with Crippen molar-refractivity contribution in [1.82, 2.24) is 14.5 Å². The second kappa shape index (κ2) is 12.5. The van der Waals surface area contributed by atoms with Crippen molar-refractivity contribution in [3.8, 4) is 28.4 Å². The van der Waals surface area contributed by atoms with Crippen LogP contribution in [0.5, 0.6) is 11.5 Å². The number of ether oxygens (including phenoxy) is 2. The molecule has 0 fully saturated rings. The summed E-state index contributed by atoms with van der Waals surface area (Å²) >= 11 is 12.2. The van der Waals surface area contributed by atoms with Crippen LogP contribution in [-0.2, 0) is 4.79 Å². The fraction of sp³-hybridized carbons (Fsp3) is 0.138. The fourth-order valence-electron chi connectivity index (χ4n) is 3.93. The monoisotopic (exact) mass is 564 g/mol.